The highest BCUT2D eigenvalue weighted by atomic mass is 19.1. The van der Waals surface area contributed by atoms with Crippen LogP contribution in [0.5, 0.6) is 5.75 Å². The maximum absolute atomic E-state index is 13.4. The van der Waals surface area contributed by atoms with Crippen molar-refractivity contribution in [3.05, 3.63) is 65.2 Å². The number of hydrogen-bond acceptors (Lipinski definition) is 2. The fraction of sp³-hybridized carbons (Fsp3) is 0.188. The van der Waals surface area contributed by atoms with Crippen molar-refractivity contribution < 1.29 is 18.3 Å². The zero-order valence-corrected chi connectivity index (χ0v) is 11.5. The van der Waals surface area contributed by atoms with Crippen LogP contribution < -0.4 is 10.1 Å². The van der Waals surface area contributed by atoms with E-state index in [0.29, 0.717) is 5.75 Å². The third-order valence-electron chi connectivity index (χ3n) is 2.87. The van der Waals surface area contributed by atoms with Crippen molar-refractivity contribution in [3.63, 3.8) is 0 Å². The predicted molar refractivity (Wildman–Crippen MR) is 74.9 cm³/mol. The smallest absolute Gasteiger partial charge is 0.258 e. The van der Waals surface area contributed by atoms with Crippen LogP contribution in [0.2, 0.25) is 0 Å². The molecule has 0 saturated heterocycles. The van der Waals surface area contributed by atoms with Crippen molar-refractivity contribution in [2.45, 2.75) is 13.5 Å². The number of benzene rings is 2. The molecule has 0 aliphatic heterocycles. The van der Waals surface area contributed by atoms with E-state index in [-0.39, 0.29) is 18.7 Å². The highest BCUT2D eigenvalue weighted by Crippen LogP contribution is 2.11. The van der Waals surface area contributed by atoms with Gasteiger partial charge in [0.15, 0.2) is 6.61 Å². The van der Waals surface area contributed by atoms with Crippen molar-refractivity contribution in [2.24, 2.45) is 0 Å². The van der Waals surface area contributed by atoms with Crippen molar-refractivity contribution in [1.29, 1.82) is 0 Å². The highest BCUT2D eigenvalue weighted by Gasteiger charge is 2.07. The molecule has 0 atom stereocenters. The Balaban J connectivity index is 1.82. The minimum Gasteiger partial charge on any atom is -0.484 e. The number of aryl methyl sites for hydroxylation is 1. The second kappa shape index (κ2) is 6.83. The maximum atomic E-state index is 13.4. The van der Waals surface area contributed by atoms with Gasteiger partial charge < -0.3 is 10.1 Å². The molecule has 21 heavy (non-hydrogen) atoms. The molecule has 0 spiro atoms. The topological polar surface area (TPSA) is 38.3 Å². The number of hydrogen-bond donors (Lipinski definition) is 1. The van der Waals surface area contributed by atoms with Gasteiger partial charge in [-0.25, -0.2) is 8.78 Å². The zero-order valence-electron chi connectivity index (χ0n) is 11.5. The molecular weight excluding hydrogens is 276 g/mol. The lowest BCUT2D eigenvalue weighted by Crippen LogP contribution is -2.28. The van der Waals surface area contributed by atoms with Gasteiger partial charge in [-0.1, -0.05) is 17.7 Å². The molecule has 0 fully saturated rings. The molecule has 110 valence electrons. The summed E-state index contributed by atoms with van der Waals surface area (Å²) >= 11 is 0. The molecule has 0 bridgehead atoms. The fourth-order valence-corrected chi connectivity index (χ4v) is 1.71. The molecule has 0 aromatic heterocycles. The Labute approximate surface area is 121 Å². The molecule has 0 unspecified atom stereocenters. The molecule has 2 aromatic rings. The maximum Gasteiger partial charge on any atom is 0.258 e. The fourth-order valence-electron chi connectivity index (χ4n) is 1.71. The van der Waals surface area contributed by atoms with E-state index in [9.17, 15) is 13.6 Å². The first kappa shape index (κ1) is 15.0. The summed E-state index contributed by atoms with van der Waals surface area (Å²) in [6, 6.07) is 10.4. The summed E-state index contributed by atoms with van der Waals surface area (Å²) in [6.45, 7) is 1.68. The van der Waals surface area contributed by atoms with E-state index in [1.807, 2.05) is 19.1 Å². The van der Waals surface area contributed by atoms with Crippen molar-refractivity contribution in [2.75, 3.05) is 6.61 Å². The number of carbonyl (C=O) groups is 1. The van der Waals surface area contributed by atoms with Crippen LogP contribution in [-0.2, 0) is 11.3 Å². The molecule has 3 nitrogen and oxygen atoms in total. The van der Waals surface area contributed by atoms with Gasteiger partial charge >= 0.3 is 0 Å². The van der Waals surface area contributed by atoms with Crippen LogP contribution in [0, 0.1) is 18.6 Å². The Hall–Kier alpha value is -2.43. The van der Waals surface area contributed by atoms with E-state index < -0.39 is 17.5 Å². The molecule has 1 N–H and O–H groups in total. The van der Waals surface area contributed by atoms with Gasteiger partial charge in [0.05, 0.1) is 0 Å². The molecule has 5 heteroatoms. The number of rotatable bonds is 5. The Morgan fingerprint density at radius 3 is 2.57 bits per heavy atom. The van der Waals surface area contributed by atoms with Gasteiger partial charge in [-0.15, -0.1) is 0 Å². The first-order valence-electron chi connectivity index (χ1n) is 6.44. The predicted octanol–water partition coefficient (Wildman–Crippen LogP) is 2.97. The van der Waals surface area contributed by atoms with Gasteiger partial charge in [0.25, 0.3) is 5.91 Å². The average molecular weight is 291 g/mol. The molecule has 0 heterocycles. The lowest BCUT2D eigenvalue weighted by molar-refractivity contribution is -0.123. The van der Waals surface area contributed by atoms with Crippen LogP contribution in [0.4, 0.5) is 8.78 Å². The van der Waals surface area contributed by atoms with Crippen LogP contribution in [0.3, 0.4) is 0 Å². The summed E-state index contributed by atoms with van der Waals surface area (Å²) in [4.78, 5) is 11.6. The quantitative estimate of drug-likeness (QED) is 0.919. The largest absolute Gasteiger partial charge is 0.484 e. The number of halogens is 2. The molecule has 2 aromatic carbocycles. The van der Waals surface area contributed by atoms with Crippen molar-refractivity contribution in [1.82, 2.24) is 5.32 Å². The normalized spacial score (nSPS) is 10.2. The van der Waals surface area contributed by atoms with Gasteiger partial charge in [-0.05, 0) is 37.3 Å². The van der Waals surface area contributed by atoms with Crippen LogP contribution in [0.15, 0.2) is 42.5 Å². The molecule has 0 saturated carbocycles. The zero-order chi connectivity index (χ0) is 15.2. The summed E-state index contributed by atoms with van der Waals surface area (Å²) in [5, 5.41) is 2.48. The minimum absolute atomic E-state index is 0.0836. The van der Waals surface area contributed by atoms with Gasteiger partial charge in [-0.3, -0.25) is 4.79 Å². The van der Waals surface area contributed by atoms with Crippen LogP contribution >= 0.6 is 0 Å². The van der Waals surface area contributed by atoms with Gasteiger partial charge in [-0.2, -0.15) is 0 Å². The van der Waals surface area contributed by atoms with Crippen molar-refractivity contribution in [3.8, 4) is 5.75 Å². The van der Waals surface area contributed by atoms with Crippen LogP contribution in [0.1, 0.15) is 11.1 Å². The Morgan fingerprint density at radius 1 is 1.14 bits per heavy atom. The first-order valence-corrected chi connectivity index (χ1v) is 6.44. The summed E-state index contributed by atoms with van der Waals surface area (Å²) in [7, 11) is 0. The van der Waals surface area contributed by atoms with Gasteiger partial charge in [0, 0.05) is 12.1 Å². The molecule has 2 rings (SSSR count). The summed E-state index contributed by atoms with van der Waals surface area (Å²) in [5.74, 6) is -0.931. The number of nitrogens with one attached hydrogen (secondary N) is 1. The highest BCUT2D eigenvalue weighted by molar-refractivity contribution is 5.77. The molecule has 0 aliphatic carbocycles. The lowest BCUT2D eigenvalue weighted by atomic mass is 10.2. The monoisotopic (exact) mass is 291 g/mol. The number of amides is 1. The van der Waals surface area contributed by atoms with E-state index in [2.05, 4.69) is 5.32 Å². The SMILES string of the molecule is Cc1ccc(OCC(=O)NCc2cc(F)ccc2F)cc1. The summed E-state index contributed by atoms with van der Waals surface area (Å²) < 4.78 is 31.6. The number of ether oxygens (including phenoxy) is 1. The molecule has 0 radical (unpaired) electrons. The van der Waals surface area contributed by atoms with Crippen molar-refractivity contribution >= 4 is 5.91 Å². The Morgan fingerprint density at radius 2 is 1.86 bits per heavy atom. The van der Waals surface area contributed by atoms with E-state index in [0.717, 1.165) is 23.8 Å². The minimum atomic E-state index is -0.559. The Bertz CT molecular complexity index is 627. The van der Waals surface area contributed by atoms with Crippen LogP contribution in [-0.4, -0.2) is 12.5 Å². The van der Waals surface area contributed by atoms with E-state index in [4.69, 9.17) is 4.74 Å². The second-order valence-corrected chi connectivity index (χ2v) is 4.61. The van der Waals surface area contributed by atoms with Crippen LogP contribution in [0.25, 0.3) is 0 Å². The third-order valence-corrected chi connectivity index (χ3v) is 2.87. The van der Waals surface area contributed by atoms with E-state index in [1.54, 1.807) is 12.1 Å². The van der Waals surface area contributed by atoms with Gasteiger partial charge in [0.1, 0.15) is 17.4 Å². The number of carbonyl (C=O) groups excluding carboxylic acids is 1. The standard InChI is InChI=1S/C16H15F2NO2/c1-11-2-5-14(6-3-11)21-10-16(20)19-9-12-8-13(17)4-7-15(12)18/h2-8H,9-10H2,1H3,(H,19,20). The summed E-state index contributed by atoms with van der Waals surface area (Å²) in [6.07, 6.45) is 0. The molecule has 0 aliphatic rings. The van der Waals surface area contributed by atoms with E-state index in [1.165, 1.54) is 0 Å². The van der Waals surface area contributed by atoms with E-state index >= 15 is 0 Å². The molecular formula is C16H15F2NO2. The second-order valence-electron chi connectivity index (χ2n) is 4.61. The summed E-state index contributed by atoms with van der Waals surface area (Å²) in [5.41, 5.74) is 1.19. The first-order chi connectivity index (χ1) is 10.0. The molecule has 1 amide bonds. The average Bonchev–Trinajstić information content (AvgIpc) is 2.47. The third kappa shape index (κ3) is 4.56. The lowest BCUT2D eigenvalue weighted by Gasteiger charge is -2.08. The van der Waals surface area contributed by atoms with Gasteiger partial charge in [0.2, 0.25) is 0 Å². The Kier molecular flexibility index (Phi) is 4.87.